The number of hydrogen-bond donors (Lipinski definition) is 1. The van der Waals surface area contributed by atoms with E-state index in [9.17, 15) is 0 Å². The third-order valence-electron chi connectivity index (χ3n) is 4.70. The van der Waals surface area contributed by atoms with Crippen LogP contribution in [0.2, 0.25) is 0 Å². The molecule has 2 fully saturated rings. The van der Waals surface area contributed by atoms with Gasteiger partial charge in [-0.05, 0) is 39.7 Å². The van der Waals surface area contributed by atoms with Gasteiger partial charge in [-0.1, -0.05) is 0 Å². The van der Waals surface area contributed by atoms with Crippen molar-refractivity contribution in [3.05, 3.63) is 23.5 Å². The predicted molar refractivity (Wildman–Crippen MR) is 87.2 cm³/mol. The molecular formula is C16H26ClN3O. The molecule has 118 valence electrons. The van der Waals surface area contributed by atoms with Gasteiger partial charge in [-0.2, -0.15) is 0 Å². The molecule has 21 heavy (non-hydrogen) atoms. The molecule has 2 bridgehead atoms. The van der Waals surface area contributed by atoms with Gasteiger partial charge in [0.05, 0.1) is 12.8 Å². The average molecular weight is 312 g/mol. The number of hydrogen-bond acceptors (Lipinski definition) is 4. The summed E-state index contributed by atoms with van der Waals surface area (Å²) in [6.07, 6.45) is 5.25. The molecule has 1 aromatic heterocycles. The zero-order valence-corrected chi connectivity index (χ0v) is 13.9. The fourth-order valence-corrected chi connectivity index (χ4v) is 3.67. The maximum atomic E-state index is 5.34. The summed E-state index contributed by atoms with van der Waals surface area (Å²) in [4.78, 5) is 7.10. The first-order valence-corrected chi connectivity index (χ1v) is 7.62. The van der Waals surface area contributed by atoms with E-state index >= 15 is 0 Å². The minimum Gasteiger partial charge on any atom is -0.497 e. The van der Waals surface area contributed by atoms with Gasteiger partial charge in [0.25, 0.3) is 0 Å². The quantitative estimate of drug-likeness (QED) is 0.927. The smallest absolute Gasteiger partial charge is 0.122 e. The predicted octanol–water partition coefficient (Wildman–Crippen LogP) is 2.54. The fourth-order valence-electron chi connectivity index (χ4n) is 3.67. The van der Waals surface area contributed by atoms with Crippen molar-refractivity contribution in [3.63, 3.8) is 0 Å². The van der Waals surface area contributed by atoms with Crippen LogP contribution in [-0.2, 0) is 6.54 Å². The van der Waals surface area contributed by atoms with E-state index in [4.69, 9.17) is 4.74 Å². The van der Waals surface area contributed by atoms with Crippen molar-refractivity contribution in [2.45, 2.75) is 57.3 Å². The van der Waals surface area contributed by atoms with E-state index < -0.39 is 0 Å². The van der Waals surface area contributed by atoms with Gasteiger partial charge in [0.2, 0.25) is 0 Å². The van der Waals surface area contributed by atoms with Crippen LogP contribution in [-0.4, -0.2) is 42.2 Å². The first kappa shape index (κ1) is 16.5. The topological polar surface area (TPSA) is 37.4 Å². The second-order valence-corrected chi connectivity index (χ2v) is 6.32. The van der Waals surface area contributed by atoms with Gasteiger partial charge in [-0.3, -0.25) is 9.88 Å². The molecular weight excluding hydrogens is 286 g/mol. The van der Waals surface area contributed by atoms with E-state index in [1.165, 1.54) is 25.7 Å². The van der Waals surface area contributed by atoms with Crippen LogP contribution in [0.4, 0.5) is 0 Å². The maximum Gasteiger partial charge on any atom is 0.122 e. The molecule has 2 saturated heterocycles. The molecule has 2 unspecified atom stereocenters. The highest BCUT2D eigenvalue weighted by Crippen LogP contribution is 2.29. The molecule has 0 aliphatic carbocycles. The molecule has 0 spiro atoms. The molecule has 4 nitrogen and oxygen atoms in total. The third-order valence-corrected chi connectivity index (χ3v) is 4.70. The number of methoxy groups -OCH3 is 1. The lowest BCUT2D eigenvalue weighted by Crippen LogP contribution is -2.46. The average Bonchev–Trinajstić information content (AvgIpc) is 2.76. The number of rotatable bonds is 4. The summed E-state index contributed by atoms with van der Waals surface area (Å²) in [7, 11) is 3.94. The Morgan fingerprint density at radius 1 is 1.29 bits per heavy atom. The third kappa shape index (κ3) is 3.87. The molecule has 2 aliphatic heterocycles. The van der Waals surface area contributed by atoms with Gasteiger partial charge in [-0.15, -0.1) is 12.4 Å². The number of fused-ring (bicyclic) bond motifs is 2. The van der Waals surface area contributed by atoms with Crippen LogP contribution < -0.4 is 10.1 Å². The number of ether oxygens (including phenoxy) is 1. The van der Waals surface area contributed by atoms with Crippen molar-refractivity contribution in [1.82, 2.24) is 15.2 Å². The number of piperidine rings is 1. The van der Waals surface area contributed by atoms with E-state index in [2.05, 4.69) is 28.3 Å². The van der Waals surface area contributed by atoms with E-state index in [0.717, 1.165) is 35.8 Å². The number of nitrogens with one attached hydrogen (secondary N) is 1. The minimum atomic E-state index is 0. The summed E-state index contributed by atoms with van der Waals surface area (Å²) < 4.78 is 5.34. The van der Waals surface area contributed by atoms with Crippen LogP contribution in [0.3, 0.4) is 0 Å². The molecule has 2 atom stereocenters. The van der Waals surface area contributed by atoms with Gasteiger partial charge in [0.15, 0.2) is 0 Å². The molecule has 3 rings (SSSR count). The summed E-state index contributed by atoms with van der Waals surface area (Å²) in [5.74, 6) is 0.909. The minimum absolute atomic E-state index is 0. The van der Waals surface area contributed by atoms with E-state index in [0.29, 0.717) is 6.04 Å². The first-order chi connectivity index (χ1) is 9.64. The van der Waals surface area contributed by atoms with E-state index in [1.807, 2.05) is 13.0 Å². The zero-order chi connectivity index (χ0) is 14.1. The molecule has 1 N–H and O–H groups in total. The lowest BCUT2D eigenvalue weighted by molar-refractivity contribution is 0.164. The zero-order valence-electron chi connectivity index (χ0n) is 13.1. The summed E-state index contributed by atoms with van der Waals surface area (Å²) >= 11 is 0. The molecule has 2 aliphatic rings. The Balaban J connectivity index is 0.00000161. The Labute approximate surface area is 133 Å². The van der Waals surface area contributed by atoms with E-state index in [1.54, 1.807) is 7.11 Å². The van der Waals surface area contributed by atoms with Crippen LogP contribution in [0, 0.1) is 6.92 Å². The number of aromatic nitrogens is 1. The number of halogens is 1. The van der Waals surface area contributed by atoms with Crippen LogP contribution in [0.25, 0.3) is 0 Å². The lowest BCUT2D eigenvalue weighted by Gasteiger charge is -2.35. The lowest BCUT2D eigenvalue weighted by atomic mass is 9.98. The van der Waals surface area contributed by atoms with Gasteiger partial charge in [-0.25, -0.2) is 0 Å². The normalized spacial score (nSPS) is 27.5. The van der Waals surface area contributed by atoms with Gasteiger partial charge < -0.3 is 10.1 Å². The monoisotopic (exact) mass is 311 g/mol. The Morgan fingerprint density at radius 3 is 2.57 bits per heavy atom. The van der Waals surface area contributed by atoms with E-state index in [-0.39, 0.29) is 12.4 Å². The van der Waals surface area contributed by atoms with Gasteiger partial charge in [0, 0.05) is 42.5 Å². The highest BCUT2D eigenvalue weighted by molar-refractivity contribution is 5.85. The van der Waals surface area contributed by atoms with Gasteiger partial charge >= 0.3 is 0 Å². The van der Waals surface area contributed by atoms with Crippen LogP contribution in [0.1, 0.15) is 37.1 Å². The molecule has 0 aromatic carbocycles. The van der Waals surface area contributed by atoms with Crippen LogP contribution in [0.5, 0.6) is 5.75 Å². The number of pyridine rings is 1. The Bertz CT molecular complexity index is 471. The Morgan fingerprint density at radius 2 is 1.95 bits per heavy atom. The first-order valence-electron chi connectivity index (χ1n) is 7.62. The molecule has 0 amide bonds. The van der Waals surface area contributed by atoms with Crippen molar-refractivity contribution >= 4 is 12.4 Å². The molecule has 1 aromatic rings. The molecule has 3 heterocycles. The highest BCUT2D eigenvalue weighted by atomic mass is 35.5. The highest BCUT2D eigenvalue weighted by Gasteiger charge is 2.35. The Kier molecular flexibility index (Phi) is 5.47. The molecule has 5 heteroatoms. The summed E-state index contributed by atoms with van der Waals surface area (Å²) in [5, 5.41) is 3.70. The van der Waals surface area contributed by atoms with Crippen molar-refractivity contribution < 1.29 is 4.74 Å². The Hall–Kier alpha value is -0.840. The van der Waals surface area contributed by atoms with Crippen LogP contribution in [0.15, 0.2) is 12.1 Å². The summed E-state index contributed by atoms with van der Waals surface area (Å²) in [5.41, 5.74) is 2.13. The maximum absolute atomic E-state index is 5.34. The fraction of sp³-hybridized carbons (Fsp3) is 0.688. The van der Waals surface area contributed by atoms with Crippen molar-refractivity contribution in [1.29, 1.82) is 0 Å². The standard InChI is InChI=1S/C16H25N3O.ClH/c1-11-6-16(20-3)9-14(17-11)10-19(2)15-7-12-4-5-13(8-15)18-12;/h6,9,12-13,15,18H,4-5,7-8,10H2,1-3H3;1H. The van der Waals surface area contributed by atoms with Crippen molar-refractivity contribution in [2.24, 2.45) is 0 Å². The van der Waals surface area contributed by atoms with Crippen LogP contribution >= 0.6 is 12.4 Å². The second-order valence-electron chi connectivity index (χ2n) is 6.32. The SMILES string of the molecule is COc1cc(C)nc(CN(C)C2CC3CCC(C2)N3)c1.Cl. The molecule has 0 radical (unpaired) electrons. The second kappa shape index (κ2) is 6.95. The van der Waals surface area contributed by atoms with Gasteiger partial charge in [0.1, 0.15) is 5.75 Å². The number of aryl methyl sites for hydroxylation is 1. The number of nitrogens with zero attached hydrogens (tertiary/aromatic N) is 2. The summed E-state index contributed by atoms with van der Waals surface area (Å²) in [6.45, 7) is 2.93. The van der Waals surface area contributed by atoms with Crippen molar-refractivity contribution in [2.75, 3.05) is 14.2 Å². The molecule has 0 saturated carbocycles. The summed E-state index contributed by atoms with van der Waals surface area (Å²) in [6, 6.07) is 6.19. The van der Waals surface area contributed by atoms with Crippen molar-refractivity contribution in [3.8, 4) is 5.75 Å². The largest absolute Gasteiger partial charge is 0.497 e.